The number of carbonyl (C=O) groups is 2. The van der Waals surface area contributed by atoms with Gasteiger partial charge in [0.05, 0.1) is 29.5 Å². The summed E-state index contributed by atoms with van der Waals surface area (Å²) < 4.78 is 6.38. The van der Waals surface area contributed by atoms with Crippen LogP contribution in [0.1, 0.15) is 34.1 Å². The molecular formula is C23H23N3O4S2. The van der Waals surface area contributed by atoms with E-state index in [4.69, 9.17) is 9.72 Å². The lowest BCUT2D eigenvalue weighted by Gasteiger charge is -2.13. The molecule has 3 aromatic rings. The first kappa shape index (κ1) is 22.3. The van der Waals surface area contributed by atoms with Crippen LogP contribution < -0.4 is 10.9 Å². The van der Waals surface area contributed by atoms with E-state index in [2.05, 4.69) is 11.9 Å². The molecule has 0 saturated carbocycles. The lowest BCUT2D eigenvalue weighted by atomic mass is 10.2. The zero-order valence-electron chi connectivity index (χ0n) is 17.9. The summed E-state index contributed by atoms with van der Waals surface area (Å²) in [6.07, 6.45) is 2.97. The molecule has 166 valence electrons. The molecule has 7 nitrogen and oxygen atoms in total. The van der Waals surface area contributed by atoms with Crippen LogP contribution >= 0.6 is 23.1 Å². The first-order chi connectivity index (χ1) is 15.4. The zero-order chi connectivity index (χ0) is 22.8. The number of ether oxygens (including phenoxy) is 1. The number of aryl methyl sites for hydroxylation is 2. The molecule has 0 atom stereocenters. The molecule has 32 heavy (non-hydrogen) atoms. The first-order valence-electron chi connectivity index (χ1n) is 10.2. The van der Waals surface area contributed by atoms with Crippen molar-refractivity contribution in [3.05, 3.63) is 62.8 Å². The minimum atomic E-state index is -0.526. The highest BCUT2D eigenvalue weighted by Gasteiger charge is 2.24. The monoisotopic (exact) mass is 469 g/mol. The van der Waals surface area contributed by atoms with E-state index in [0.29, 0.717) is 22.8 Å². The van der Waals surface area contributed by atoms with E-state index in [1.807, 2.05) is 6.92 Å². The van der Waals surface area contributed by atoms with Gasteiger partial charge in [0.1, 0.15) is 4.83 Å². The highest BCUT2D eigenvalue weighted by Crippen LogP contribution is 2.35. The van der Waals surface area contributed by atoms with Crippen LogP contribution in [0.5, 0.6) is 0 Å². The smallest absolute Gasteiger partial charge is 0.339 e. The van der Waals surface area contributed by atoms with Crippen molar-refractivity contribution in [3.8, 4) is 0 Å². The minimum Gasteiger partial charge on any atom is -0.465 e. The molecule has 0 radical (unpaired) electrons. The van der Waals surface area contributed by atoms with E-state index in [-0.39, 0.29) is 22.8 Å². The molecule has 0 fully saturated rings. The summed E-state index contributed by atoms with van der Waals surface area (Å²) in [5, 5.41) is 3.95. The van der Waals surface area contributed by atoms with Gasteiger partial charge in [0.2, 0.25) is 5.91 Å². The van der Waals surface area contributed by atoms with Crippen molar-refractivity contribution in [3.63, 3.8) is 0 Å². The normalized spacial score (nSPS) is 12.6. The van der Waals surface area contributed by atoms with Crippen LogP contribution in [-0.4, -0.2) is 34.3 Å². The Morgan fingerprint density at radius 1 is 1.31 bits per heavy atom. The van der Waals surface area contributed by atoms with Crippen molar-refractivity contribution >= 4 is 50.9 Å². The molecule has 1 aromatic carbocycles. The minimum absolute atomic E-state index is 0.0364. The number of carbonyl (C=O) groups excluding carboxylic acids is 2. The molecule has 0 unspecified atom stereocenters. The van der Waals surface area contributed by atoms with E-state index in [1.165, 1.54) is 23.7 Å². The summed E-state index contributed by atoms with van der Waals surface area (Å²) in [5.41, 5.74) is 2.55. The fourth-order valence-corrected chi connectivity index (χ4v) is 5.88. The maximum absolute atomic E-state index is 13.3. The molecule has 0 aliphatic heterocycles. The Balaban J connectivity index is 1.59. The van der Waals surface area contributed by atoms with Gasteiger partial charge < -0.3 is 10.1 Å². The maximum Gasteiger partial charge on any atom is 0.339 e. The van der Waals surface area contributed by atoms with Gasteiger partial charge in [-0.05, 0) is 43.9 Å². The second-order valence-electron chi connectivity index (χ2n) is 7.65. The lowest BCUT2D eigenvalue weighted by Crippen LogP contribution is -2.25. The van der Waals surface area contributed by atoms with Crippen molar-refractivity contribution in [1.29, 1.82) is 0 Å². The molecule has 1 aliphatic rings. The number of amides is 1. The quantitative estimate of drug-likeness (QED) is 0.243. The van der Waals surface area contributed by atoms with Crippen molar-refractivity contribution in [2.24, 2.45) is 0 Å². The number of esters is 1. The van der Waals surface area contributed by atoms with E-state index >= 15 is 0 Å². The summed E-state index contributed by atoms with van der Waals surface area (Å²) >= 11 is 2.77. The van der Waals surface area contributed by atoms with Crippen molar-refractivity contribution < 1.29 is 14.3 Å². The molecule has 2 heterocycles. The number of aromatic nitrogens is 2. The number of para-hydroxylation sites is 1. The average Bonchev–Trinajstić information content (AvgIpc) is 3.35. The Morgan fingerprint density at radius 2 is 2.09 bits per heavy atom. The van der Waals surface area contributed by atoms with Gasteiger partial charge in [0.15, 0.2) is 5.16 Å². The molecule has 2 aromatic heterocycles. The number of thiophene rings is 1. The highest BCUT2D eigenvalue weighted by molar-refractivity contribution is 7.99. The number of thioether (sulfide) groups is 1. The third-order valence-electron chi connectivity index (χ3n) is 5.16. The van der Waals surface area contributed by atoms with Crippen molar-refractivity contribution in [2.45, 2.75) is 37.9 Å². The Bertz CT molecular complexity index is 1290. The fraction of sp³-hybridized carbons (Fsp3) is 0.304. The summed E-state index contributed by atoms with van der Waals surface area (Å²) in [7, 11) is 1.29. The van der Waals surface area contributed by atoms with E-state index < -0.39 is 5.97 Å². The third kappa shape index (κ3) is 4.35. The van der Waals surface area contributed by atoms with Gasteiger partial charge in [0.25, 0.3) is 5.56 Å². The standard InChI is InChI=1S/C23H23N3O4S2/c1-13(2)11-26-21(28)19-15-8-6-10-17(15)32-20(19)25-23(26)31-12-18(27)24-16-9-5-4-7-14(16)22(29)30-3/h4-5,7,9H,1,6,8,10-12H2,2-3H3,(H,24,27). The van der Waals surface area contributed by atoms with Gasteiger partial charge in [-0.2, -0.15) is 0 Å². The lowest BCUT2D eigenvalue weighted by molar-refractivity contribution is -0.113. The number of methoxy groups -OCH3 is 1. The van der Waals surface area contributed by atoms with Crippen LogP contribution in [0, 0.1) is 0 Å². The number of benzene rings is 1. The number of hydrogen-bond donors (Lipinski definition) is 1. The molecule has 0 saturated heterocycles. The van der Waals surface area contributed by atoms with Gasteiger partial charge in [-0.1, -0.05) is 36.0 Å². The number of allylic oxidation sites excluding steroid dienone is 1. The molecule has 0 spiro atoms. The molecular weight excluding hydrogens is 446 g/mol. The van der Waals surface area contributed by atoms with Gasteiger partial charge in [-0.15, -0.1) is 11.3 Å². The van der Waals surface area contributed by atoms with E-state index in [0.717, 1.165) is 35.2 Å². The van der Waals surface area contributed by atoms with Crippen LogP contribution in [0.2, 0.25) is 0 Å². The number of nitrogens with one attached hydrogen (secondary N) is 1. The van der Waals surface area contributed by atoms with Gasteiger partial charge in [-0.3, -0.25) is 14.2 Å². The van der Waals surface area contributed by atoms with Crippen LogP contribution in [0.25, 0.3) is 10.2 Å². The van der Waals surface area contributed by atoms with Crippen molar-refractivity contribution in [2.75, 3.05) is 18.2 Å². The summed E-state index contributed by atoms with van der Waals surface area (Å²) in [6.45, 7) is 6.15. The van der Waals surface area contributed by atoms with E-state index in [1.54, 1.807) is 40.2 Å². The average molecular weight is 470 g/mol. The second kappa shape index (κ2) is 9.30. The Hall–Kier alpha value is -2.91. The molecule has 9 heteroatoms. The van der Waals surface area contributed by atoms with Crippen LogP contribution in [0.4, 0.5) is 5.69 Å². The third-order valence-corrected chi connectivity index (χ3v) is 7.32. The van der Waals surface area contributed by atoms with Gasteiger partial charge in [0, 0.05) is 11.4 Å². The maximum atomic E-state index is 13.3. The Labute approximate surface area is 193 Å². The number of nitrogens with zero attached hydrogens (tertiary/aromatic N) is 2. The van der Waals surface area contributed by atoms with Crippen LogP contribution in [-0.2, 0) is 28.9 Å². The number of fused-ring (bicyclic) bond motifs is 3. The zero-order valence-corrected chi connectivity index (χ0v) is 19.5. The van der Waals surface area contributed by atoms with E-state index in [9.17, 15) is 14.4 Å². The summed E-state index contributed by atoms with van der Waals surface area (Å²) in [4.78, 5) is 44.6. The predicted octanol–water partition coefficient (Wildman–Crippen LogP) is 4.04. The molecule has 1 aliphatic carbocycles. The number of anilines is 1. The number of rotatable bonds is 7. The van der Waals surface area contributed by atoms with Crippen LogP contribution in [0.15, 0.2) is 46.4 Å². The van der Waals surface area contributed by atoms with Gasteiger partial charge >= 0.3 is 5.97 Å². The fourth-order valence-electron chi connectivity index (χ4n) is 3.77. The highest BCUT2D eigenvalue weighted by atomic mass is 32.2. The first-order valence-corrected chi connectivity index (χ1v) is 12.0. The van der Waals surface area contributed by atoms with Gasteiger partial charge in [-0.25, -0.2) is 9.78 Å². The Kier molecular flexibility index (Phi) is 6.48. The summed E-state index contributed by atoms with van der Waals surface area (Å²) in [6, 6.07) is 6.66. The van der Waals surface area contributed by atoms with Crippen molar-refractivity contribution in [1.82, 2.24) is 9.55 Å². The number of hydrogen-bond acceptors (Lipinski definition) is 7. The molecule has 1 amide bonds. The SMILES string of the molecule is C=C(C)Cn1c(SCC(=O)Nc2ccccc2C(=O)OC)nc2sc3c(c2c1=O)CCC3. The largest absolute Gasteiger partial charge is 0.465 e. The topological polar surface area (TPSA) is 90.3 Å². The Morgan fingerprint density at radius 3 is 2.84 bits per heavy atom. The summed E-state index contributed by atoms with van der Waals surface area (Å²) in [5.74, 6) is -0.799. The predicted molar refractivity (Wildman–Crippen MR) is 128 cm³/mol. The van der Waals surface area contributed by atoms with Crippen LogP contribution in [0.3, 0.4) is 0 Å². The molecule has 0 bridgehead atoms. The second-order valence-corrected chi connectivity index (χ2v) is 9.68. The molecule has 1 N–H and O–H groups in total. The molecule has 4 rings (SSSR count).